The van der Waals surface area contributed by atoms with Gasteiger partial charge in [-0.2, -0.15) is 0 Å². The van der Waals surface area contributed by atoms with E-state index in [1.807, 2.05) is 6.92 Å². The van der Waals surface area contributed by atoms with Gasteiger partial charge in [0.05, 0.1) is 4.90 Å². The minimum atomic E-state index is 0.131. The van der Waals surface area contributed by atoms with E-state index in [2.05, 4.69) is 0 Å². The molecule has 18 heavy (non-hydrogen) atoms. The van der Waals surface area contributed by atoms with Gasteiger partial charge in [0.1, 0.15) is 11.5 Å². The Morgan fingerprint density at radius 2 is 1.67 bits per heavy atom. The summed E-state index contributed by atoms with van der Waals surface area (Å²) >= 11 is 1.26. The molecule has 2 rings (SSSR count). The van der Waals surface area contributed by atoms with Crippen molar-refractivity contribution in [2.24, 2.45) is 0 Å². The maximum Gasteiger partial charge on any atom is 0.129 e. The van der Waals surface area contributed by atoms with Gasteiger partial charge in [0.2, 0.25) is 0 Å². The lowest BCUT2D eigenvalue weighted by Gasteiger charge is -2.10. The Hall–Kier alpha value is -2.01. The molecule has 0 fully saturated rings. The topological polar surface area (TPSA) is 92.5 Å². The van der Waals surface area contributed by atoms with Crippen LogP contribution in [0.1, 0.15) is 5.56 Å². The Bertz CT molecular complexity index is 600. The van der Waals surface area contributed by atoms with E-state index in [1.54, 1.807) is 24.3 Å². The second-order valence-electron chi connectivity index (χ2n) is 4.00. The third-order valence-corrected chi connectivity index (χ3v) is 3.69. The van der Waals surface area contributed by atoms with Crippen LogP contribution in [0.2, 0.25) is 0 Å². The van der Waals surface area contributed by atoms with Crippen LogP contribution in [0.5, 0.6) is 11.5 Å². The van der Waals surface area contributed by atoms with Crippen molar-refractivity contribution in [2.75, 3.05) is 11.5 Å². The second kappa shape index (κ2) is 4.70. The van der Waals surface area contributed by atoms with E-state index in [1.165, 1.54) is 17.8 Å². The molecule has 0 saturated heterocycles. The highest BCUT2D eigenvalue weighted by atomic mass is 32.2. The van der Waals surface area contributed by atoms with Crippen molar-refractivity contribution < 1.29 is 10.2 Å². The molecule has 0 unspecified atom stereocenters. The quantitative estimate of drug-likeness (QED) is 0.493. The minimum absolute atomic E-state index is 0.131. The molecule has 0 aromatic heterocycles. The molecule has 0 saturated carbocycles. The number of aryl methyl sites for hydroxylation is 1. The van der Waals surface area contributed by atoms with Crippen LogP contribution in [0.4, 0.5) is 11.4 Å². The van der Waals surface area contributed by atoms with Gasteiger partial charge in [-0.05, 0) is 42.8 Å². The Kier molecular flexibility index (Phi) is 3.25. The molecule has 0 amide bonds. The zero-order chi connectivity index (χ0) is 13.3. The average Bonchev–Trinajstić information content (AvgIpc) is 2.30. The fraction of sp³-hybridized carbons (Fsp3) is 0.0769. The lowest BCUT2D eigenvalue weighted by atomic mass is 10.2. The first-order valence-corrected chi connectivity index (χ1v) is 6.14. The highest BCUT2D eigenvalue weighted by Crippen LogP contribution is 2.40. The number of nitrogens with two attached hydrogens (primary N) is 2. The van der Waals surface area contributed by atoms with Gasteiger partial charge in [0.25, 0.3) is 0 Å². The lowest BCUT2D eigenvalue weighted by molar-refractivity contribution is 0.462. The summed E-state index contributed by atoms with van der Waals surface area (Å²) in [4.78, 5) is 1.28. The second-order valence-corrected chi connectivity index (χ2v) is 5.08. The summed E-state index contributed by atoms with van der Waals surface area (Å²) in [6.45, 7) is 1.83. The predicted molar refractivity (Wildman–Crippen MR) is 73.9 cm³/mol. The fourth-order valence-corrected chi connectivity index (χ4v) is 2.45. The summed E-state index contributed by atoms with van der Waals surface area (Å²) in [7, 11) is 0. The predicted octanol–water partition coefficient (Wildman–Crippen LogP) is 2.72. The molecule has 2 aromatic rings. The van der Waals surface area contributed by atoms with Crippen LogP contribution in [-0.2, 0) is 0 Å². The number of phenolic OH excluding ortho intramolecular Hbond substituents is 2. The number of anilines is 2. The maximum atomic E-state index is 9.86. The van der Waals surface area contributed by atoms with Crippen molar-refractivity contribution in [3.63, 3.8) is 0 Å². The maximum absolute atomic E-state index is 9.86. The van der Waals surface area contributed by atoms with Crippen molar-refractivity contribution in [1.82, 2.24) is 0 Å². The molecule has 2 aromatic carbocycles. The summed E-state index contributed by atoms with van der Waals surface area (Å²) in [5.74, 6) is 0.278. The molecule has 6 N–H and O–H groups in total. The van der Waals surface area contributed by atoms with E-state index in [0.717, 1.165) is 5.56 Å². The number of benzene rings is 2. The summed E-state index contributed by atoms with van der Waals surface area (Å²) in [5.41, 5.74) is 13.6. The summed E-state index contributed by atoms with van der Waals surface area (Å²) in [5, 5.41) is 19.3. The van der Waals surface area contributed by atoms with Crippen LogP contribution in [0.3, 0.4) is 0 Å². The number of rotatable bonds is 2. The van der Waals surface area contributed by atoms with Gasteiger partial charge < -0.3 is 21.7 Å². The summed E-state index contributed by atoms with van der Waals surface area (Å²) in [6, 6.07) is 7.99. The van der Waals surface area contributed by atoms with E-state index in [0.29, 0.717) is 21.2 Å². The van der Waals surface area contributed by atoms with Gasteiger partial charge in [-0.3, -0.25) is 0 Å². The van der Waals surface area contributed by atoms with Crippen LogP contribution in [0.15, 0.2) is 40.1 Å². The van der Waals surface area contributed by atoms with Crippen molar-refractivity contribution in [3.05, 3.63) is 35.9 Å². The third-order valence-electron chi connectivity index (χ3n) is 2.56. The van der Waals surface area contributed by atoms with E-state index in [4.69, 9.17) is 11.5 Å². The summed E-state index contributed by atoms with van der Waals surface area (Å²) in [6.07, 6.45) is 0. The Morgan fingerprint density at radius 3 is 2.39 bits per heavy atom. The lowest BCUT2D eigenvalue weighted by Crippen LogP contribution is -1.91. The molecule has 0 heterocycles. The smallest absolute Gasteiger partial charge is 0.129 e. The first-order valence-electron chi connectivity index (χ1n) is 5.33. The van der Waals surface area contributed by atoms with Gasteiger partial charge >= 0.3 is 0 Å². The minimum Gasteiger partial charge on any atom is -0.508 e. The van der Waals surface area contributed by atoms with Crippen molar-refractivity contribution >= 4 is 23.1 Å². The molecular weight excluding hydrogens is 248 g/mol. The van der Waals surface area contributed by atoms with Crippen molar-refractivity contribution in [2.45, 2.75) is 16.7 Å². The molecule has 0 spiro atoms. The van der Waals surface area contributed by atoms with E-state index in [-0.39, 0.29) is 11.5 Å². The monoisotopic (exact) mass is 262 g/mol. The van der Waals surface area contributed by atoms with Crippen LogP contribution in [0.25, 0.3) is 0 Å². The molecule has 0 bridgehead atoms. The zero-order valence-corrected chi connectivity index (χ0v) is 10.7. The van der Waals surface area contributed by atoms with Crippen LogP contribution in [0, 0.1) is 6.92 Å². The normalized spacial score (nSPS) is 10.5. The molecule has 0 aliphatic rings. The molecule has 0 aliphatic heterocycles. The fourth-order valence-electron chi connectivity index (χ4n) is 1.50. The largest absolute Gasteiger partial charge is 0.508 e. The number of phenols is 2. The van der Waals surface area contributed by atoms with Gasteiger partial charge in [0, 0.05) is 16.3 Å². The van der Waals surface area contributed by atoms with Crippen LogP contribution in [-0.4, -0.2) is 10.2 Å². The average molecular weight is 262 g/mol. The van der Waals surface area contributed by atoms with Gasteiger partial charge in [0.15, 0.2) is 0 Å². The molecule has 94 valence electrons. The third kappa shape index (κ3) is 2.46. The zero-order valence-electron chi connectivity index (χ0n) is 9.84. The highest BCUT2D eigenvalue weighted by molar-refractivity contribution is 7.99. The first-order chi connectivity index (χ1) is 8.47. The highest BCUT2D eigenvalue weighted by Gasteiger charge is 2.09. The Labute approximate surface area is 109 Å². The van der Waals surface area contributed by atoms with Gasteiger partial charge in [-0.1, -0.05) is 11.8 Å². The number of hydrogen-bond acceptors (Lipinski definition) is 5. The molecule has 0 aliphatic carbocycles. The van der Waals surface area contributed by atoms with Gasteiger partial charge in [-0.25, -0.2) is 0 Å². The van der Waals surface area contributed by atoms with Crippen LogP contribution < -0.4 is 11.5 Å². The molecule has 0 radical (unpaired) electrons. The summed E-state index contributed by atoms with van der Waals surface area (Å²) < 4.78 is 0. The Balaban J connectivity index is 2.40. The molecule has 5 heteroatoms. The molecule has 4 nitrogen and oxygen atoms in total. The first kappa shape index (κ1) is 12.4. The number of aromatic hydroxyl groups is 2. The number of hydrogen-bond donors (Lipinski definition) is 4. The Morgan fingerprint density at radius 1 is 0.944 bits per heavy atom. The van der Waals surface area contributed by atoms with Crippen molar-refractivity contribution in [3.8, 4) is 11.5 Å². The SMILES string of the molecule is Cc1cc(O)c(Sc2cc(O)ccc2N)cc1N. The van der Waals surface area contributed by atoms with E-state index in [9.17, 15) is 10.2 Å². The van der Waals surface area contributed by atoms with E-state index >= 15 is 0 Å². The molecular formula is C13H14N2O2S. The van der Waals surface area contributed by atoms with E-state index < -0.39 is 0 Å². The van der Waals surface area contributed by atoms with Crippen molar-refractivity contribution in [1.29, 1.82) is 0 Å². The van der Waals surface area contributed by atoms with Gasteiger partial charge in [-0.15, -0.1) is 0 Å². The number of nitrogen functional groups attached to an aromatic ring is 2. The van der Waals surface area contributed by atoms with Crippen LogP contribution >= 0.6 is 11.8 Å². The molecule has 0 atom stereocenters. The standard InChI is InChI=1S/C13H14N2O2S/c1-7-4-11(17)13(6-10(7)15)18-12-5-8(16)2-3-9(12)14/h2-6,16-17H,14-15H2,1H3.